The Hall–Kier alpha value is -5.43. The number of hydrogen-bond acceptors (Lipinski definition) is 10. The normalized spacial score (nSPS) is 15.8. The summed E-state index contributed by atoms with van der Waals surface area (Å²) < 4.78 is 40.6. The summed E-state index contributed by atoms with van der Waals surface area (Å²) >= 11 is 0. The third-order valence-electron chi connectivity index (χ3n) is 11.6. The molecule has 3 aromatic rings. The highest BCUT2D eigenvalue weighted by molar-refractivity contribution is 6.03. The van der Waals surface area contributed by atoms with Gasteiger partial charge in [0.2, 0.25) is 5.69 Å². The van der Waals surface area contributed by atoms with Crippen LogP contribution < -0.4 is 19.1 Å². The van der Waals surface area contributed by atoms with Crippen molar-refractivity contribution in [2.75, 3.05) is 85.1 Å². The number of likely N-dealkylation sites (N-methyl/N-ethyl adjacent to an activating group) is 1. The zero-order valence-electron chi connectivity index (χ0n) is 38.5. The van der Waals surface area contributed by atoms with Gasteiger partial charge in [-0.05, 0) is 58.2 Å². The van der Waals surface area contributed by atoms with Gasteiger partial charge in [-0.25, -0.2) is 4.79 Å². The molecule has 340 valence electrons. The zero-order chi connectivity index (χ0) is 45.4. The molecule has 2 aliphatic rings. The van der Waals surface area contributed by atoms with E-state index < -0.39 is 5.97 Å². The van der Waals surface area contributed by atoms with Gasteiger partial charge in [-0.3, -0.25) is 4.79 Å². The number of aromatic carboxylic acids is 1. The minimum absolute atomic E-state index is 0.0172. The molecule has 3 aromatic carbocycles. The summed E-state index contributed by atoms with van der Waals surface area (Å²) in [4.78, 5) is 26.3. The molecule has 2 heterocycles. The van der Waals surface area contributed by atoms with Gasteiger partial charge >= 0.3 is 11.9 Å². The maximum atomic E-state index is 12.4. The van der Waals surface area contributed by atoms with Crippen LogP contribution in [0.3, 0.4) is 0 Å². The lowest BCUT2D eigenvalue weighted by Gasteiger charge is -2.25. The molecular formula is C51H67N2O10+. The van der Waals surface area contributed by atoms with E-state index in [0.717, 1.165) is 32.4 Å². The zero-order valence-corrected chi connectivity index (χ0v) is 38.5. The van der Waals surface area contributed by atoms with Crippen LogP contribution in [0.4, 0.5) is 11.4 Å². The number of para-hydroxylation sites is 2. The Morgan fingerprint density at radius 2 is 1.38 bits per heavy atom. The molecule has 0 aliphatic carbocycles. The number of fused-ring (bicyclic) bond motifs is 2. The molecule has 0 bridgehead atoms. The molecule has 0 unspecified atom stereocenters. The fraction of sp³-hybridized carbons (Fsp3) is 0.471. The summed E-state index contributed by atoms with van der Waals surface area (Å²) in [5, 5.41) is 9.35. The van der Waals surface area contributed by atoms with Crippen molar-refractivity contribution in [3.8, 4) is 17.2 Å². The first-order valence-electron chi connectivity index (χ1n) is 22.0. The molecule has 5 rings (SSSR count). The number of carbonyl (C=O) groups excluding carboxylic acids is 1. The second-order valence-electron chi connectivity index (χ2n) is 16.6. The lowest BCUT2D eigenvalue weighted by molar-refractivity contribution is -0.438. The highest BCUT2D eigenvalue weighted by Crippen LogP contribution is 2.47. The summed E-state index contributed by atoms with van der Waals surface area (Å²) in [5.41, 5.74) is 8.81. The van der Waals surface area contributed by atoms with Crippen LogP contribution in [-0.2, 0) is 34.6 Å². The number of carboxylic acids is 1. The predicted octanol–water partition coefficient (Wildman–Crippen LogP) is 9.21. The first kappa shape index (κ1) is 48.6. The van der Waals surface area contributed by atoms with Crippen molar-refractivity contribution in [2.45, 2.75) is 78.1 Å². The van der Waals surface area contributed by atoms with Gasteiger partial charge < -0.3 is 43.2 Å². The van der Waals surface area contributed by atoms with Gasteiger partial charge in [0.25, 0.3) is 0 Å². The third kappa shape index (κ3) is 12.4. The van der Waals surface area contributed by atoms with Crippen molar-refractivity contribution in [1.29, 1.82) is 0 Å². The maximum absolute atomic E-state index is 12.4. The van der Waals surface area contributed by atoms with Crippen molar-refractivity contribution < 1.29 is 52.4 Å². The largest absolute Gasteiger partial charge is 0.496 e. The Morgan fingerprint density at radius 1 is 0.746 bits per heavy atom. The van der Waals surface area contributed by atoms with Gasteiger partial charge in [0.15, 0.2) is 17.2 Å². The summed E-state index contributed by atoms with van der Waals surface area (Å²) in [6.07, 6.45) is 12.1. The van der Waals surface area contributed by atoms with Crippen LogP contribution in [0.25, 0.3) is 0 Å². The smallest absolute Gasteiger partial charge is 0.339 e. The molecule has 1 N–H and O–H groups in total. The van der Waals surface area contributed by atoms with E-state index in [1.807, 2.05) is 0 Å². The molecule has 0 amide bonds. The van der Waals surface area contributed by atoms with E-state index >= 15 is 0 Å². The average molecular weight is 868 g/mol. The number of allylic oxidation sites excluding steroid dienone is 6. The topological polar surface area (TPSA) is 125 Å². The first-order valence-corrected chi connectivity index (χ1v) is 22.0. The van der Waals surface area contributed by atoms with E-state index in [2.05, 4.69) is 124 Å². The summed E-state index contributed by atoms with van der Waals surface area (Å²) in [6.45, 7) is 17.9. The molecule has 0 atom stereocenters. The molecule has 0 saturated carbocycles. The number of hydrogen-bond donors (Lipinski definition) is 1. The van der Waals surface area contributed by atoms with E-state index in [9.17, 15) is 14.7 Å². The first-order chi connectivity index (χ1) is 30.3. The van der Waals surface area contributed by atoms with Crippen LogP contribution >= 0.6 is 0 Å². The summed E-state index contributed by atoms with van der Waals surface area (Å²) in [5.74, 6) is -0.515. The molecule has 12 nitrogen and oxygen atoms in total. The number of carbonyl (C=O) groups is 2. The van der Waals surface area contributed by atoms with Gasteiger partial charge in [0.1, 0.15) is 31.1 Å². The number of nitrogens with zero attached hydrogens (tertiary/aromatic N) is 2. The fourth-order valence-electron chi connectivity index (χ4n) is 8.24. The Bertz CT molecular complexity index is 2150. The number of esters is 1. The van der Waals surface area contributed by atoms with E-state index in [1.54, 1.807) is 0 Å². The van der Waals surface area contributed by atoms with Crippen LogP contribution in [0.5, 0.6) is 17.2 Å². The molecule has 0 radical (unpaired) electrons. The molecule has 2 aliphatic heterocycles. The predicted molar refractivity (Wildman–Crippen MR) is 247 cm³/mol. The van der Waals surface area contributed by atoms with Crippen molar-refractivity contribution >= 4 is 29.0 Å². The molecule has 0 saturated heterocycles. The monoisotopic (exact) mass is 867 g/mol. The Kier molecular flexibility index (Phi) is 18.0. The van der Waals surface area contributed by atoms with Crippen molar-refractivity contribution in [2.24, 2.45) is 0 Å². The Balaban J connectivity index is 0.967. The number of rotatable bonds is 26. The van der Waals surface area contributed by atoms with Gasteiger partial charge in [0, 0.05) is 66.0 Å². The quantitative estimate of drug-likeness (QED) is 0.0360. The summed E-state index contributed by atoms with van der Waals surface area (Å²) in [6, 6.07) is 20.3. The molecule has 0 aromatic heterocycles. The third-order valence-corrected chi connectivity index (χ3v) is 11.6. The number of anilines is 1. The summed E-state index contributed by atoms with van der Waals surface area (Å²) in [7, 11) is 2.83. The van der Waals surface area contributed by atoms with Gasteiger partial charge in [-0.1, -0.05) is 68.0 Å². The van der Waals surface area contributed by atoms with E-state index in [0.29, 0.717) is 51.8 Å². The van der Waals surface area contributed by atoms with Crippen LogP contribution in [0.15, 0.2) is 96.2 Å². The molecule has 0 fully saturated rings. The maximum Gasteiger partial charge on any atom is 0.339 e. The molecular weight excluding hydrogens is 801 g/mol. The average Bonchev–Trinajstić information content (AvgIpc) is 3.63. The highest BCUT2D eigenvalue weighted by atomic mass is 16.6. The number of methoxy groups -OCH3 is 2. The SMILES string of the molecule is CCN1C(=CC=C(C)C=CC2=[N+](CCCCCC(=O)OCCOCCOCCOCCOc3cc(OC)c(C(=O)O)cc3OC)c3ccccc3C2(C)C)C(C)(C)c2ccccc21. The Labute approximate surface area is 373 Å². The standard InChI is InChI=1S/C51H66N2O10/c1-9-52-41-19-14-12-17-39(41)50(3,4)46(52)24-22-37(2)23-25-47-51(5,6)40-18-13-15-20-42(40)53(47)26-16-10-11-21-48(54)63-34-32-61-30-28-59-27-29-60-31-33-62-45-36-43(57-7)38(49(55)56)35-44(45)58-8/h12-15,17-20,22-25,35-36H,9-11,16,21,26-34H2,1-8H3/p+1. The van der Waals surface area contributed by atoms with Crippen LogP contribution in [0.1, 0.15) is 88.7 Å². The number of carboxylic acid groups (broad SMARTS) is 1. The molecule has 0 spiro atoms. The second kappa shape index (κ2) is 23.3. The lowest BCUT2D eigenvalue weighted by Crippen LogP contribution is -2.28. The lowest BCUT2D eigenvalue weighted by atomic mass is 9.81. The second-order valence-corrected chi connectivity index (χ2v) is 16.6. The van der Waals surface area contributed by atoms with E-state index in [-0.39, 0.29) is 47.1 Å². The molecule has 12 heteroatoms. The van der Waals surface area contributed by atoms with E-state index in [1.165, 1.54) is 65.8 Å². The van der Waals surface area contributed by atoms with Crippen LogP contribution in [-0.4, -0.2) is 107 Å². The van der Waals surface area contributed by atoms with Gasteiger partial charge in [-0.15, -0.1) is 0 Å². The minimum Gasteiger partial charge on any atom is -0.496 e. The number of ether oxygens (including phenoxy) is 7. The van der Waals surface area contributed by atoms with Gasteiger partial charge in [-0.2, -0.15) is 4.58 Å². The van der Waals surface area contributed by atoms with Crippen molar-refractivity contribution in [1.82, 2.24) is 0 Å². The van der Waals surface area contributed by atoms with Crippen molar-refractivity contribution in [3.63, 3.8) is 0 Å². The number of unbranched alkanes of at least 4 members (excludes halogenated alkanes) is 2. The number of benzene rings is 3. The van der Waals surface area contributed by atoms with Crippen molar-refractivity contribution in [3.05, 3.63) is 113 Å². The Morgan fingerprint density at radius 3 is 2.05 bits per heavy atom. The molecule has 63 heavy (non-hydrogen) atoms. The minimum atomic E-state index is -1.12. The van der Waals surface area contributed by atoms with E-state index in [4.69, 9.17) is 33.2 Å². The fourth-order valence-corrected chi connectivity index (χ4v) is 8.24. The highest BCUT2D eigenvalue weighted by Gasteiger charge is 2.44. The van der Waals surface area contributed by atoms with Crippen LogP contribution in [0.2, 0.25) is 0 Å². The van der Waals surface area contributed by atoms with Crippen LogP contribution in [0, 0.1) is 0 Å². The van der Waals surface area contributed by atoms with Gasteiger partial charge in [0.05, 0.1) is 59.3 Å².